The standard InChI is InChI=1S/C32H25/c1-4-14-25(15-5-1)24-32(30-22-12-10-20-28(30)26-16-6-2-7-17-26)31-23-13-11-21-29(31)27-18-8-3-9-19-27/h1-23H,24H2. The molecule has 0 spiro atoms. The Kier molecular flexibility index (Phi) is 5.94. The first-order valence-electron chi connectivity index (χ1n) is 11.1. The Hall–Kier alpha value is -3.90. The molecule has 0 aliphatic carbocycles. The van der Waals surface area contributed by atoms with Crippen molar-refractivity contribution < 1.29 is 0 Å². The molecule has 0 atom stereocenters. The van der Waals surface area contributed by atoms with Crippen molar-refractivity contribution in [3.63, 3.8) is 0 Å². The third-order valence-electron chi connectivity index (χ3n) is 5.90. The highest BCUT2D eigenvalue weighted by molar-refractivity contribution is 5.77. The van der Waals surface area contributed by atoms with Gasteiger partial charge in [0.1, 0.15) is 0 Å². The van der Waals surface area contributed by atoms with Crippen molar-refractivity contribution in [2.24, 2.45) is 0 Å². The minimum Gasteiger partial charge on any atom is -0.0622 e. The van der Waals surface area contributed by atoms with Crippen LogP contribution in [0.4, 0.5) is 0 Å². The summed E-state index contributed by atoms with van der Waals surface area (Å²) in [5, 5.41) is 0. The summed E-state index contributed by atoms with van der Waals surface area (Å²) in [4.78, 5) is 0. The first-order valence-corrected chi connectivity index (χ1v) is 11.1. The van der Waals surface area contributed by atoms with Gasteiger partial charge in [-0.15, -0.1) is 0 Å². The molecule has 5 aromatic carbocycles. The summed E-state index contributed by atoms with van der Waals surface area (Å²) in [5.41, 5.74) is 8.89. The van der Waals surface area contributed by atoms with E-state index in [1.165, 1.54) is 44.9 Å². The number of hydrogen-bond donors (Lipinski definition) is 0. The molecular weight excluding hydrogens is 384 g/mol. The van der Waals surface area contributed by atoms with Crippen LogP contribution in [0.3, 0.4) is 0 Å². The number of benzene rings is 5. The quantitative estimate of drug-likeness (QED) is 0.265. The van der Waals surface area contributed by atoms with Crippen LogP contribution in [-0.4, -0.2) is 0 Å². The summed E-state index contributed by atoms with van der Waals surface area (Å²) >= 11 is 0. The van der Waals surface area contributed by atoms with Gasteiger partial charge in [-0.1, -0.05) is 140 Å². The highest BCUT2D eigenvalue weighted by Crippen LogP contribution is 2.39. The third kappa shape index (κ3) is 4.26. The Morgan fingerprint density at radius 2 is 0.750 bits per heavy atom. The van der Waals surface area contributed by atoms with Crippen LogP contribution in [0.15, 0.2) is 140 Å². The molecule has 0 bridgehead atoms. The van der Waals surface area contributed by atoms with Crippen LogP contribution in [0.5, 0.6) is 0 Å². The van der Waals surface area contributed by atoms with Gasteiger partial charge in [0.05, 0.1) is 0 Å². The van der Waals surface area contributed by atoms with Crippen LogP contribution in [0.25, 0.3) is 22.3 Å². The van der Waals surface area contributed by atoms with Gasteiger partial charge in [-0.3, -0.25) is 0 Å². The van der Waals surface area contributed by atoms with Crippen molar-refractivity contribution >= 4 is 0 Å². The molecule has 32 heavy (non-hydrogen) atoms. The second kappa shape index (κ2) is 9.49. The predicted molar refractivity (Wildman–Crippen MR) is 135 cm³/mol. The summed E-state index contributed by atoms with van der Waals surface area (Å²) < 4.78 is 0. The van der Waals surface area contributed by atoms with E-state index in [1.54, 1.807) is 0 Å². The average molecular weight is 410 g/mol. The topological polar surface area (TPSA) is 0 Å². The molecule has 153 valence electrons. The van der Waals surface area contributed by atoms with Crippen LogP contribution in [-0.2, 0) is 6.42 Å². The van der Waals surface area contributed by atoms with E-state index in [0.29, 0.717) is 0 Å². The fourth-order valence-electron chi connectivity index (χ4n) is 4.37. The highest BCUT2D eigenvalue weighted by atomic mass is 14.2. The minimum atomic E-state index is 0.870. The summed E-state index contributed by atoms with van der Waals surface area (Å²) in [6.45, 7) is 0. The van der Waals surface area contributed by atoms with E-state index >= 15 is 0 Å². The molecule has 1 radical (unpaired) electrons. The molecule has 5 aromatic rings. The van der Waals surface area contributed by atoms with Gasteiger partial charge in [-0.2, -0.15) is 0 Å². The van der Waals surface area contributed by atoms with Gasteiger partial charge in [0.25, 0.3) is 0 Å². The van der Waals surface area contributed by atoms with E-state index in [0.717, 1.165) is 6.42 Å². The molecule has 0 aromatic heterocycles. The molecular formula is C32H25. The fourth-order valence-corrected chi connectivity index (χ4v) is 4.37. The van der Waals surface area contributed by atoms with E-state index in [4.69, 9.17) is 0 Å². The van der Waals surface area contributed by atoms with Crippen molar-refractivity contribution in [3.05, 3.63) is 162 Å². The third-order valence-corrected chi connectivity index (χ3v) is 5.90. The first kappa shape index (κ1) is 20.0. The largest absolute Gasteiger partial charge is 0.0622 e. The molecule has 0 heteroatoms. The molecule has 0 unspecified atom stereocenters. The van der Waals surface area contributed by atoms with Gasteiger partial charge >= 0.3 is 0 Å². The van der Waals surface area contributed by atoms with Gasteiger partial charge in [-0.05, 0) is 45.4 Å². The normalized spacial score (nSPS) is 10.9. The van der Waals surface area contributed by atoms with Gasteiger partial charge in [0.15, 0.2) is 0 Å². The minimum absolute atomic E-state index is 0.870. The van der Waals surface area contributed by atoms with Crippen LogP contribution in [0.1, 0.15) is 16.7 Å². The fraction of sp³-hybridized carbons (Fsp3) is 0.0312. The summed E-state index contributed by atoms with van der Waals surface area (Å²) in [6, 6.07) is 49.7. The molecule has 0 fully saturated rings. The summed E-state index contributed by atoms with van der Waals surface area (Å²) in [7, 11) is 0. The SMILES string of the molecule is c1ccc(C[C](c2ccccc2-c2ccccc2)c2ccccc2-c2ccccc2)cc1. The lowest BCUT2D eigenvalue weighted by Crippen LogP contribution is -2.09. The second-order valence-corrected chi connectivity index (χ2v) is 7.96. The van der Waals surface area contributed by atoms with Crippen LogP contribution in [0, 0.1) is 5.92 Å². The molecule has 0 aliphatic heterocycles. The zero-order valence-electron chi connectivity index (χ0n) is 18.0. The van der Waals surface area contributed by atoms with Crippen molar-refractivity contribution in [3.8, 4) is 22.3 Å². The predicted octanol–water partition coefficient (Wildman–Crippen LogP) is 8.23. The van der Waals surface area contributed by atoms with E-state index in [-0.39, 0.29) is 0 Å². The number of rotatable bonds is 6. The lowest BCUT2D eigenvalue weighted by Gasteiger charge is -2.24. The van der Waals surface area contributed by atoms with Crippen LogP contribution in [0.2, 0.25) is 0 Å². The lowest BCUT2D eigenvalue weighted by molar-refractivity contribution is 1.03. The second-order valence-electron chi connectivity index (χ2n) is 7.96. The maximum Gasteiger partial charge on any atom is 0.0396 e. The Morgan fingerprint density at radius 1 is 0.375 bits per heavy atom. The molecule has 0 heterocycles. The summed E-state index contributed by atoms with van der Waals surface area (Å²) in [6.07, 6.45) is 0.870. The first-order chi connectivity index (χ1) is 15.9. The van der Waals surface area contributed by atoms with Crippen molar-refractivity contribution in [1.82, 2.24) is 0 Å². The van der Waals surface area contributed by atoms with Gasteiger partial charge in [-0.25, -0.2) is 0 Å². The average Bonchev–Trinajstić information content (AvgIpc) is 2.89. The van der Waals surface area contributed by atoms with Crippen LogP contribution < -0.4 is 0 Å². The zero-order valence-corrected chi connectivity index (χ0v) is 18.0. The Bertz CT molecular complexity index is 1190. The lowest BCUT2D eigenvalue weighted by atomic mass is 9.79. The monoisotopic (exact) mass is 409 g/mol. The van der Waals surface area contributed by atoms with Gasteiger partial charge in [0, 0.05) is 5.92 Å². The smallest absolute Gasteiger partial charge is 0.0396 e. The van der Waals surface area contributed by atoms with E-state index in [1.807, 2.05) is 0 Å². The summed E-state index contributed by atoms with van der Waals surface area (Å²) in [5.74, 6) is 1.34. The van der Waals surface area contributed by atoms with Gasteiger partial charge < -0.3 is 0 Å². The molecule has 0 saturated carbocycles. The van der Waals surface area contributed by atoms with Crippen molar-refractivity contribution in [2.75, 3.05) is 0 Å². The maximum absolute atomic E-state index is 2.27. The van der Waals surface area contributed by atoms with E-state index < -0.39 is 0 Å². The van der Waals surface area contributed by atoms with Crippen molar-refractivity contribution in [2.45, 2.75) is 6.42 Å². The van der Waals surface area contributed by atoms with Crippen LogP contribution >= 0.6 is 0 Å². The maximum atomic E-state index is 2.27. The number of hydrogen-bond acceptors (Lipinski definition) is 0. The van der Waals surface area contributed by atoms with Crippen molar-refractivity contribution in [1.29, 1.82) is 0 Å². The molecule has 0 amide bonds. The molecule has 0 nitrogen and oxygen atoms in total. The molecule has 5 rings (SSSR count). The Morgan fingerprint density at radius 3 is 1.22 bits per heavy atom. The molecule has 0 aliphatic rings. The molecule has 0 saturated heterocycles. The highest BCUT2D eigenvalue weighted by Gasteiger charge is 2.22. The molecule has 0 N–H and O–H groups in total. The van der Waals surface area contributed by atoms with E-state index in [2.05, 4.69) is 140 Å². The Labute approximate surface area is 190 Å². The Balaban J connectivity index is 1.70. The zero-order chi connectivity index (χ0) is 21.6. The van der Waals surface area contributed by atoms with E-state index in [9.17, 15) is 0 Å². The van der Waals surface area contributed by atoms with Gasteiger partial charge in [0.2, 0.25) is 0 Å².